The van der Waals surface area contributed by atoms with E-state index in [1.54, 1.807) is 0 Å². The summed E-state index contributed by atoms with van der Waals surface area (Å²) in [5.74, 6) is 0. The molecule has 0 unspecified atom stereocenters. The summed E-state index contributed by atoms with van der Waals surface area (Å²) in [6.07, 6.45) is 0. The van der Waals surface area contributed by atoms with E-state index in [2.05, 4.69) is 79.9 Å². The number of hydrogen-bond donors (Lipinski definition) is 2. The number of benzene rings is 2. The van der Waals surface area contributed by atoms with Gasteiger partial charge in [-0.15, -0.1) is 0 Å². The summed E-state index contributed by atoms with van der Waals surface area (Å²) in [4.78, 5) is 0. The zero-order chi connectivity index (χ0) is 14.4. The Bertz CT molecular complexity index is 515. The zero-order valence-corrected chi connectivity index (χ0v) is 12.6. The standard InChI is InChI=1S/C18H24N2/c1-4-20-18(2,3)14-19-17-12-10-16(11-13-17)15-8-6-5-7-9-15/h5-13,19-20H,4,14H2,1-3H3. The van der Waals surface area contributed by atoms with Crippen LogP contribution in [0.1, 0.15) is 20.8 Å². The number of likely N-dealkylation sites (N-methyl/N-ethyl adjacent to an activating group) is 1. The average molecular weight is 268 g/mol. The normalized spacial score (nSPS) is 11.3. The van der Waals surface area contributed by atoms with E-state index in [4.69, 9.17) is 0 Å². The first kappa shape index (κ1) is 14.6. The van der Waals surface area contributed by atoms with Crippen molar-refractivity contribution in [2.75, 3.05) is 18.4 Å². The summed E-state index contributed by atoms with van der Waals surface area (Å²) < 4.78 is 0. The molecule has 2 nitrogen and oxygen atoms in total. The maximum Gasteiger partial charge on any atom is 0.0341 e. The molecule has 0 aliphatic heterocycles. The van der Waals surface area contributed by atoms with Gasteiger partial charge in [-0.25, -0.2) is 0 Å². The molecule has 2 rings (SSSR count). The summed E-state index contributed by atoms with van der Waals surface area (Å²) in [7, 11) is 0. The number of rotatable bonds is 6. The quantitative estimate of drug-likeness (QED) is 0.822. The van der Waals surface area contributed by atoms with E-state index in [0.29, 0.717) is 0 Å². The first-order valence-corrected chi connectivity index (χ1v) is 7.25. The summed E-state index contributed by atoms with van der Waals surface area (Å²) in [5, 5.41) is 6.95. The molecule has 2 aromatic carbocycles. The van der Waals surface area contributed by atoms with E-state index in [1.165, 1.54) is 11.1 Å². The van der Waals surface area contributed by atoms with Crippen molar-refractivity contribution in [1.29, 1.82) is 0 Å². The third kappa shape index (κ3) is 4.10. The molecule has 2 heteroatoms. The molecular formula is C18H24N2. The van der Waals surface area contributed by atoms with Crippen LogP contribution in [0.15, 0.2) is 54.6 Å². The maximum atomic E-state index is 3.49. The van der Waals surface area contributed by atoms with E-state index >= 15 is 0 Å². The molecular weight excluding hydrogens is 244 g/mol. The van der Waals surface area contributed by atoms with Crippen LogP contribution in [0, 0.1) is 0 Å². The van der Waals surface area contributed by atoms with Crippen LogP contribution in [-0.2, 0) is 0 Å². The Morgan fingerprint density at radius 3 is 2.05 bits per heavy atom. The summed E-state index contributed by atoms with van der Waals surface area (Å²) in [5.41, 5.74) is 3.78. The highest BCUT2D eigenvalue weighted by molar-refractivity contribution is 5.65. The molecule has 0 amide bonds. The lowest BCUT2D eigenvalue weighted by atomic mass is 10.0. The maximum absolute atomic E-state index is 3.49. The van der Waals surface area contributed by atoms with Gasteiger partial charge in [0.2, 0.25) is 0 Å². The third-order valence-corrected chi connectivity index (χ3v) is 3.38. The van der Waals surface area contributed by atoms with Gasteiger partial charge in [-0.05, 0) is 43.7 Å². The largest absolute Gasteiger partial charge is 0.383 e. The molecule has 0 spiro atoms. The van der Waals surface area contributed by atoms with Gasteiger partial charge in [-0.2, -0.15) is 0 Å². The Morgan fingerprint density at radius 1 is 0.850 bits per heavy atom. The van der Waals surface area contributed by atoms with Gasteiger partial charge in [0.15, 0.2) is 0 Å². The highest BCUT2D eigenvalue weighted by Crippen LogP contribution is 2.21. The van der Waals surface area contributed by atoms with E-state index < -0.39 is 0 Å². The molecule has 106 valence electrons. The molecule has 20 heavy (non-hydrogen) atoms. The summed E-state index contributed by atoms with van der Waals surface area (Å²) >= 11 is 0. The van der Waals surface area contributed by atoms with Crippen LogP contribution in [0.2, 0.25) is 0 Å². The van der Waals surface area contributed by atoms with Crippen molar-refractivity contribution < 1.29 is 0 Å². The van der Waals surface area contributed by atoms with Gasteiger partial charge in [0.1, 0.15) is 0 Å². The van der Waals surface area contributed by atoms with Crippen molar-refractivity contribution in [3.05, 3.63) is 54.6 Å². The minimum absolute atomic E-state index is 0.104. The molecule has 0 aliphatic carbocycles. The molecule has 0 saturated heterocycles. The topological polar surface area (TPSA) is 24.1 Å². The summed E-state index contributed by atoms with van der Waals surface area (Å²) in [6, 6.07) is 19.1. The summed E-state index contributed by atoms with van der Waals surface area (Å²) in [6.45, 7) is 8.45. The number of nitrogens with one attached hydrogen (secondary N) is 2. The van der Waals surface area contributed by atoms with Crippen molar-refractivity contribution in [2.45, 2.75) is 26.3 Å². The predicted molar refractivity (Wildman–Crippen MR) is 88.1 cm³/mol. The van der Waals surface area contributed by atoms with Crippen molar-refractivity contribution in [3.63, 3.8) is 0 Å². The molecule has 2 aromatic rings. The lowest BCUT2D eigenvalue weighted by molar-refractivity contribution is 0.421. The fourth-order valence-corrected chi connectivity index (χ4v) is 2.28. The number of hydrogen-bond acceptors (Lipinski definition) is 2. The SMILES string of the molecule is CCNC(C)(C)CNc1ccc(-c2ccccc2)cc1. The molecule has 0 heterocycles. The Balaban J connectivity index is 1.99. The van der Waals surface area contributed by atoms with Crippen LogP contribution >= 0.6 is 0 Å². The van der Waals surface area contributed by atoms with Crippen molar-refractivity contribution in [3.8, 4) is 11.1 Å². The molecule has 0 fully saturated rings. The molecule has 0 bridgehead atoms. The fourth-order valence-electron chi connectivity index (χ4n) is 2.28. The van der Waals surface area contributed by atoms with E-state index in [-0.39, 0.29) is 5.54 Å². The minimum Gasteiger partial charge on any atom is -0.383 e. The molecule has 0 aromatic heterocycles. The van der Waals surface area contributed by atoms with Crippen molar-refractivity contribution in [1.82, 2.24) is 5.32 Å². The lowest BCUT2D eigenvalue weighted by Gasteiger charge is -2.26. The molecule has 0 saturated carbocycles. The second-order valence-corrected chi connectivity index (χ2v) is 5.71. The predicted octanol–water partition coefficient (Wildman–Crippen LogP) is 4.15. The van der Waals surface area contributed by atoms with Crippen molar-refractivity contribution >= 4 is 5.69 Å². The van der Waals surface area contributed by atoms with E-state index in [1.807, 2.05) is 6.07 Å². The van der Waals surface area contributed by atoms with E-state index in [9.17, 15) is 0 Å². The lowest BCUT2D eigenvalue weighted by Crippen LogP contribution is -2.45. The van der Waals surface area contributed by atoms with Gasteiger partial charge < -0.3 is 10.6 Å². The molecule has 0 aliphatic rings. The highest BCUT2D eigenvalue weighted by atomic mass is 15.0. The van der Waals surface area contributed by atoms with Crippen LogP contribution in [0.3, 0.4) is 0 Å². The van der Waals surface area contributed by atoms with Crippen LogP contribution < -0.4 is 10.6 Å². The first-order chi connectivity index (χ1) is 9.61. The second kappa shape index (κ2) is 6.58. The molecule has 2 N–H and O–H groups in total. The van der Waals surface area contributed by atoms with Gasteiger partial charge in [0.25, 0.3) is 0 Å². The fraction of sp³-hybridized carbons (Fsp3) is 0.333. The Labute approximate surface area is 122 Å². The Hall–Kier alpha value is -1.80. The van der Waals surface area contributed by atoms with E-state index in [0.717, 1.165) is 18.8 Å². The number of anilines is 1. The van der Waals surface area contributed by atoms with Crippen molar-refractivity contribution in [2.24, 2.45) is 0 Å². The van der Waals surface area contributed by atoms with Gasteiger partial charge in [-0.3, -0.25) is 0 Å². The van der Waals surface area contributed by atoms with Crippen LogP contribution in [0.4, 0.5) is 5.69 Å². The Kier molecular flexibility index (Phi) is 4.80. The van der Waals surface area contributed by atoms with Crippen LogP contribution in [0.5, 0.6) is 0 Å². The monoisotopic (exact) mass is 268 g/mol. The Morgan fingerprint density at radius 2 is 1.45 bits per heavy atom. The third-order valence-electron chi connectivity index (χ3n) is 3.38. The minimum atomic E-state index is 0.104. The molecule has 0 atom stereocenters. The van der Waals surface area contributed by atoms with Gasteiger partial charge in [0, 0.05) is 17.8 Å². The van der Waals surface area contributed by atoms with Gasteiger partial charge >= 0.3 is 0 Å². The van der Waals surface area contributed by atoms with Crippen LogP contribution in [-0.4, -0.2) is 18.6 Å². The zero-order valence-electron chi connectivity index (χ0n) is 12.6. The highest BCUT2D eigenvalue weighted by Gasteiger charge is 2.14. The second-order valence-electron chi connectivity index (χ2n) is 5.71. The van der Waals surface area contributed by atoms with Crippen LogP contribution in [0.25, 0.3) is 11.1 Å². The van der Waals surface area contributed by atoms with Gasteiger partial charge in [0.05, 0.1) is 0 Å². The van der Waals surface area contributed by atoms with Gasteiger partial charge in [-0.1, -0.05) is 49.4 Å². The molecule has 0 radical (unpaired) electrons. The smallest absolute Gasteiger partial charge is 0.0341 e. The average Bonchev–Trinajstić information content (AvgIpc) is 2.47. The first-order valence-electron chi connectivity index (χ1n) is 7.25.